The lowest BCUT2D eigenvalue weighted by atomic mass is 9.78. The van der Waals surface area contributed by atoms with Crippen LogP contribution in [0.15, 0.2) is 79.0 Å². The van der Waals surface area contributed by atoms with Crippen LogP contribution in [0.5, 0.6) is 0 Å². The van der Waals surface area contributed by atoms with Gasteiger partial charge in [0, 0.05) is 42.4 Å². The highest BCUT2D eigenvalue weighted by atomic mass is 16.6. The molecular formula is C32H30N2O3. The van der Waals surface area contributed by atoms with Gasteiger partial charge in [0.2, 0.25) is 0 Å². The molecule has 0 saturated carbocycles. The summed E-state index contributed by atoms with van der Waals surface area (Å²) in [6.45, 7) is 2.37. The molecule has 37 heavy (non-hydrogen) atoms. The Morgan fingerprint density at radius 2 is 1.59 bits per heavy atom. The van der Waals surface area contributed by atoms with E-state index in [-0.39, 0.29) is 24.1 Å². The minimum atomic E-state index is -0.970. The molecule has 3 heterocycles. The van der Waals surface area contributed by atoms with Crippen LogP contribution in [0.25, 0.3) is 22.0 Å². The van der Waals surface area contributed by atoms with E-state index in [4.69, 9.17) is 4.74 Å². The Bertz CT molecular complexity index is 1470. The van der Waals surface area contributed by atoms with Crippen LogP contribution in [0.2, 0.25) is 0 Å². The van der Waals surface area contributed by atoms with Gasteiger partial charge >= 0.3 is 6.09 Å². The summed E-state index contributed by atoms with van der Waals surface area (Å²) in [6, 6.07) is 24.8. The zero-order chi connectivity index (χ0) is 25.1. The van der Waals surface area contributed by atoms with Crippen LogP contribution in [0, 0.1) is 6.92 Å². The molecule has 4 aromatic rings. The first-order chi connectivity index (χ1) is 18.0. The van der Waals surface area contributed by atoms with Crippen molar-refractivity contribution in [1.82, 2.24) is 9.88 Å². The van der Waals surface area contributed by atoms with E-state index in [2.05, 4.69) is 53.5 Å². The van der Waals surface area contributed by atoms with Crippen LogP contribution in [0.3, 0.4) is 0 Å². The number of aliphatic hydroxyl groups is 1. The lowest BCUT2D eigenvalue weighted by Gasteiger charge is -2.44. The van der Waals surface area contributed by atoms with Crippen molar-refractivity contribution in [3.63, 3.8) is 0 Å². The predicted molar refractivity (Wildman–Crippen MR) is 143 cm³/mol. The summed E-state index contributed by atoms with van der Waals surface area (Å²) >= 11 is 0. The molecule has 1 amide bonds. The number of hydrogen-bond acceptors (Lipinski definition) is 4. The van der Waals surface area contributed by atoms with E-state index in [0.717, 1.165) is 34.9 Å². The van der Waals surface area contributed by atoms with E-state index in [9.17, 15) is 9.90 Å². The molecule has 5 heteroatoms. The fraction of sp³-hybridized carbons (Fsp3) is 0.312. The highest BCUT2D eigenvalue weighted by Gasteiger charge is 2.51. The number of benzene rings is 3. The summed E-state index contributed by atoms with van der Waals surface area (Å²) in [5.74, 6) is 0.0449. The second-order valence-corrected chi connectivity index (χ2v) is 10.8. The number of piperidine rings is 1. The zero-order valence-corrected chi connectivity index (χ0v) is 20.9. The lowest BCUT2D eigenvalue weighted by Crippen LogP contribution is -2.52. The highest BCUT2D eigenvalue weighted by molar-refractivity contribution is 5.83. The third-order valence-corrected chi connectivity index (χ3v) is 8.84. The quantitative estimate of drug-likeness (QED) is 0.366. The Balaban J connectivity index is 1.11. The Kier molecular flexibility index (Phi) is 5.12. The van der Waals surface area contributed by atoms with Crippen LogP contribution in [-0.2, 0) is 10.3 Å². The van der Waals surface area contributed by atoms with Crippen LogP contribution >= 0.6 is 0 Å². The normalized spacial score (nSPS) is 24.2. The van der Waals surface area contributed by atoms with Gasteiger partial charge in [0.25, 0.3) is 0 Å². The van der Waals surface area contributed by atoms with Gasteiger partial charge in [-0.15, -0.1) is 0 Å². The fourth-order valence-corrected chi connectivity index (χ4v) is 7.21. The zero-order valence-electron chi connectivity index (χ0n) is 20.9. The Hall–Kier alpha value is -3.70. The van der Waals surface area contributed by atoms with Crippen molar-refractivity contribution in [1.29, 1.82) is 0 Å². The number of carbonyl (C=O) groups excluding carboxylic acids is 1. The number of aryl methyl sites for hydroxylation is 1. The fourth-order valence-electron chi connectivity index (χ4n) is 7.21. The molecule has 186 valence electrons. The summed E-state index contributed by atoms with van der Waals surface area (Å²) in [5, 5.41) is 13.0. The molecule has 2 unspecified atom stereocenters. The van der Waals surface area contributed by atoms with Crippen molar-refractivity contribution in [3.05, 3.63) is 101 Å². The third kappa shape index (κ3) is 3.48. The number of rotatable bonds is 3. The monoisotopic (exact) mass is 490 g/mol. The molecule has 0 spiro atoms. The summed E-state index contributed by atoms with van der Waals surface area (Å²) in [5.41, 5.74) is 6.80. The van der Waals surface area contributed by atoms with Gasteiger partial charge in [0.1, 0.15) is 6.61 Å². The van der Waals surface area contributed by atoms with Crippen molar-refractivity contribution < 1.29 is 14.6 Å². The number of pyridine rings is 1. The highest BCUT2D eigenvalue weighted by Crippen LogP contribution is 2.48. The first-order valence-corrected chi connectivity index (χ1v) is 13.2. The van der Waals surface area contributed by atoms with Crippen molar-refractivity contribution in [2.75, 3.05) is 6.61 Å². The molecule has 0 radical (unpaired) electrons. The number of hydrogen-bond donors (Lipinski definition) is 1. The summed E-state index contributed by atoms with van der Waals surface area (Å²) in [6.07, 6.45) is 4.37. The van der Waals surface area contributed by atoms with E-state index in [1.807, 2.05) is 36.1 Å². The number of ether oxygens (including phenoxy) is 1. The van der Waals surface area contributed by atoms with Gasteiger partial charge in [-0.3, -0.25) is 4.98 Å². The minimum absolute atomic E-state index is 0.0294. The van der Waals surface area contributed by atoms with E-state index in [1.54, 1.807) is 6.20 Å². The van der Waals surface area contributed by atoms with Crippen molar-refractivity contribution >= 4 is 17.0 Å². The van der Waals surface area contributed by atoms with Crippen molar-refractivity contribution in [2.45, 2.75) is 56.2 Å². The molecule has 2 fully saturated rings. The van der Waals surface area contributed by atoms with Gasteiger partial charge in [0.05, 0.1) is 11.1 Å². The predicted octanol–water partition coefficient (Wildman–Crippen LogP) is 6.31. The first-order valence-electron chi connectivity index (χ1n) is 13.2. The van der Waals surface area contributed by atoms with Gasteiger partial charge in [0.15, 0.2) is 0 Å². The minimum Gasteiger partial charge on any atom is -0.448 e. The lowest BCUT2D eigenvalue weighted by molar-refractivity contribution is -0.0534. The molecule has 3 aliphatic rings. The van der Waals surface area contributed by atoms with Crippen molar-refractivity contribution in [3.8, 4) is 11.1 Å². The first kappa shape index (κ1) is 22.5. The third-order valence-electron chi connectivity index (χ3n) is 8.84. The Morgan fingerprint density at radius 1 is 0.946 bits per heavy atom. The Labute approximate surface area is 216 Å². The number of nitrogens with zero attached hydrogens (tertiary/aromatic N) is 2. The molecule has 2 saturated heterocycles. The largest absolute Gasteiger partial charge is 0.448 e. The summed E-state index contributed by atoms with van der Waals surface area (Å²) < 4.78 is 6.01. The topological polar surface area (TPSA) is 62.7 Å². The second kappa shape index (κ2) is 8.42. The molecule has 2 aliphatic heterocycles. The maximum Gasteiger partial charge on any atom is 0.410 e. The Morgan fingerprint density at radius 3 is 2.27 bits per heavy atom. The molecule has 5 nitrogen and oxygen atoms in total. The van der Waals surface area contributed by atoms with Gasteiger partial charge in [-0.05, 0) is 59.2 Å². The van der Waals surface area contributed by atoms with Gasteiger partial charge in [-0.25, -0.2) is 4.79 Å². The van der Waals surface area contributed by atoms with E-state index in [0.29, 0.717) is 19.4 Å². The van der Waals surface area contributed by atoms with E-state index < -0.39 is 5.60 Å². The van der Waals surface area contributed by atoms with Crippen LogP contribution < -0.4 is 0 Å². The molecule has 2 bridgehead atoms. The number of fused-ring (bicyclic) bond motifs is 6. The summed E-state index contributed by atoms with van der Waals surface area (Å²) in [7, 11) is 0. The number of amides is 1. The average Bonchev–Trinajstić information content (AvgIpc) is 3.39. The average molecular weight is 491 g/mol. The smallest absolute Gasteiger partial charge is 0.410 e. The maximum absolute atomic E-state index is 13.4. The van der Waals surface area contributed by atoms with Crippen molar-refractivity contribution in [2.24, 2.45) is 0 Å². The number of carbonyl (C=O) groups is 1. The molecular weight excluding hydrogens is 460 g/mol. The molecule has 2 atom stereocenters. The standard InChI is InChI=1S/C32H30N2O3/c1-20-29(15-12-21-7-6-16-33-30(20)21)32(36)17-22-13-14-23(18-32)34(22)31(35)37-19-28-26-10-4-2-8-24(26)25-9-3-5-11-27(25)28/h2-12,15-16,22-23,28,36H,13-14,17-19H2,1H3. The van der Waals surface area contributed by atoms with E-state index in [1.165, 1.54) is 22.3 Å². The molecule has 1 N–H and O–H groups in total. The number of aromatic nitrogens is 1. The van der Waals surface area contributed by atoms with Crippen LogP contribution in [-0.4, -0.2) is 39.8 Å². The molecule has 1 aromatic heterocycles. The SMILES string of the molecule is Cc1c(C2(O)CC3CCC(C2)N3C(=O)OCC2c3ccccc3-c3ccccc32)ccc2cccnc12. The van der Waals surface area contributed by atoms with Crippen LogP contribution in [0.1, 0.15) is 53.9 Å². The molecule has 1 aliphatic carbocycles. The molecule has 3 aromatic carbocycles. The van der Waals surface area contributed by atoms with Gasteiger partial charge in [-0.1, -0.05) is 66.7 Å². The van der Waals surface area contributed by atoms with Gasteiger partial charge in [-0.2, -0.15) is 0 Å². The summed E-state index contributed by atoms with van der Waals surface area (Å²) in [4.78, 5) is 19.9. The molecule has 7 rings (SSSR count). The van der Waals surface area contributed by atoms with E-state index >= 15 is 0 Å². The maximum atomic E-state index is 13.4. The van der Waals surface area contributed by atoms with Gasteiger partial charge < -0.3 is 14.7 Å². The second-order valence-electron chi connectivity index (χ2n) is 10.8. The van der Waals surface area contributed by atoms with Crippen LogP contribution in [0.4, 0.5) is 4.79 Å².